The van der Waals surface area contributed by atoms with Gasteiger partial charge in [-0.05, 0) is 50.8 Å². The van der Waals surface area contributed by atoms with Crippen molar-refractivity contribution in [3.05, 3.63) is 29.3 Å². The molecule has 0 unspecified atom stereocenters. The number of aliphatic imine (C=N–C) groups is 1. The third kappa shape index (κ3) is 7.14. The highest BCUT2D eigenvalue weighted by atomic mass is 127. The fourth-order valence-electron chi connectivity index (χ4n) is 3.47. The zero-order valence-corrected chi connectivity index (χ0v) is 20.1. The Kier molecular flexibility index (Phi) is 11.3. The normalized spacial score (nSPS) is 13.4. The number of nitrogens with one attached hydrogen (secondary N) is 2. The molecule has 0 spiro atoms. The Balaban J connectivity index is 0.00000392. The molecule has 1 heterocycles. The number of amides is 1. The van der Waals surface area contributed by atoms with Gasteiger partial charge in [-0.1, -0.05) is 12.1 Å². The Morgan fingerprint density at radius 3 is 2.64 bits per heavy atom. The van der Waals surface area contributed by atoms with Gasteiger partial charge in [0.2, 0.25) is 5.91 Å². The molecule has 0 atom stereocenters. The van der Waals surface area contributed by atoms with Gasteiger partial charge in [-0.15, -0.1) is 24.0 Å². The summed E-state index contributed by atoms with van der Waals surface area (Å²) < 4.78 is 0. The first kappa shape index (κ1) is 24.5. The Hall–Kier alpha value is -1.51. The minimum atomic E-state index is 0. The van der Waals surface area contributed by atoms with Crippen LogP contribution in [0.3, 0.4) is 0 Å². The van der Waals surface area contributed by atoms with Crippen LogP contribution in [0.25, 0.3) is 0 Å². The molecule has 0 bridgehead atoms. The van der Waals surface area contributed by atoms with E-state index in [1.807, 2.05) is 25.7 Å². The van der Waals surface area contributed by atoms with E-state index in [4.69, 9.17) is 0 Å². The first-order valence-corrected chi connectivity index (χ1v) is 10.2. The average molecular weight is 501 g/mol. The van der Waals surface area contributed by atoms with Gasteiger partial charge in [-0.25, -0.2) is 4.99 Å². The molecule has 158 valence electrons. The topological polar surface area (TPSA) is 60.0 Å². The molecule has 0 saturated heterocycles. The van der Waals surface area contributed by atoms with Gasteiger partial charge in [0, 0.05) is 51.9 Å². The Bertz CT molecular complexity index is 646. The maximum Gasteiger partial charge on any atom is 0.224 e. The number of hydrogen-bond acceptors (Lipinski definition) is 3. The van der Waals surface area contributed by atoms with E-state index in [0.717, 1.165) is 38.6 Å². The molecule has 2 rings (SSSR count). The van der Waals surface area contributed by atoms with Gasteiger partial charge in [0.05, 0.1) is 6.54 Å². The number of carbonyl (C=O) groups excluding carboxylic acids is 1. The second kappa shape index (κ2) is 12.9. The van der Waals surface area contributed by atoms with E-state index in [1.54, 1.807) is 0 Å². The van der Waals surface area contributed by atoms with Gasteiger partial charge >= 0.3 is 0 Å². The molecule has 6 nitrogen and oxygen atoms in total. The number of aryl methyl sites for hydroxylation is 1. The van der Waals surface area contributed by atoms with Crippen LogP contribution >= 0.6 is 24.0 Å². The predicted octanol–water partition coefficient (Wildman–Crippen LogP) is 3.00. The molecule has 1 aromatic rings. The zero-order valence-electron chi connectivity index (χ0n) is 17.8. The molecule has 0 saturated carbocycles. The van der Waals surface area contributed by atoms with Crippen molar-refractivity contribution in [2.45, 2.75) is 46.6 Å². The molecular formula is C21H36IN5O. The van der Waals surface area contributed by atoms with Crippen molar-refractivity contribution in [3.8, 4) is 0 Å². The number of anilines is 1. The molecule has 0 aromatic heterocycles. The molecule has 1 aliphatic heterocycles. The lowest BCUT2D eigenvalue weighted by Gasteiger charge is -2.27. The van der Waals surface area contributed by atoms with Crippen molar-refractivity contribution in [2.24, 2.45) is 4.99 Å². The van der Waals surface area contributed by atoms with Crippen LogP contribution in [-0.2, 0) is 17.8 Å². The molecule has 0 aliphatic carbocycles. The lowest BCUT2D eigenvalue weighted by Crippen LogP contribution is -2.40. The summed E-state index contributed by atoms with van der Waals surface area (Å²) in [4.78, 5) is 21.0. The molecule has 2 N–H and O–H groups in total. The summed E-state index contributed by atoms with van der Waals surface area (Å²) >= 11 is 0. The molecule has 28 heavy (non-hydrogen) atoms. The van der Waals surface area contributed by atoms with Crippen LogP contribution in [0.1, 0.15) is 44.7 Å². The number of guanidine groups is 1. The molecule has 1 amide bonds. The van der Waals surface area contributed by atoms with Crippen molar-refractivity contribution in [2.75, 3.05) is 44.7 Å². The van der Waals surface area contributed by atoms with E-state index in [9.17, 15) is 4.79 Å². The third-order valence-corrected chi connectivity index (χ3v) is 5.01. The van der Waals surface area contributed by atoms with Crippen LogP contribution in [0.5, 0.6) is 0 Å². The van der Waals surface area contributed by atoms with Gasteiger partial charge in [-0.3, -0.25) is 4.79 Å². The van der Waals surface area contributed by atoms with Gasteiger partial charge in [0.1, 0.15) is 0 Å². The number of halogens is 1. The zero-order chi connectivity index (χ0) is 19.6. The van der Waals surface area contributed by atoms with Crippen LogP contribution in [-0.4, -0.2) is 56.5 Å². The van der Waals surface area contributed by atoms with Crippen molar-refractivity contribution in [1.82, 2.24) is 15.5 Å². The van der Waals surface area contributed by atoms with Crippen LogP contribution in [0.4, 0.5) is 5.69 Å². The van der Waals surface area contributed by atoms with Crippen LogP contribution in [0.2, 0.25) is 0 Å². The lowest BCUT2D eigenvalue weighted by molar-refractivity contribution is -0.130. The van der Waals surface area contributed by atoms with Crippen molar-refractivity contribution in [1.29, 1.82) is 0 Å². The number of fused-ring (bicyclic) bond motifs is 1. The third-order valence-electron chi connectivity index (χ3n) is 5.01. The SMILES string of the molecule is CCNC(=NCc1ccc2c(c1)CCCN2C)NCCC(=O)N(CC)CC.I. The summed E-state index contributed by atoms with van der Waals surface area (Å²) in [6.07, 6.45) is 2.83. The van der Waals surface area contributed by atoms with E-state index < -0.39 is 0 Å². The van der Waals surface area contributed by atoms with Gasteiger partial charge in [0.15, 0.2) is 5.96 Å². The fraction of sp³-hybridized carbons (Fsp3) is 0.619. The largest absolute Gasteiger partial charge is 0.374 e. The molecule has 1 aromatic carbocycles. The highest BCUT2D eigenvalue weighted by molar-refractivity contribution is 14.0. The second-order valence-electron chi connectivity index (χ2n) is 6.93. The lowest BCUT2D eigenvalue weighted by atomic mass is 10.00. The van der Waals surface area contributed by atoms with Crippen LogP contribution in [0, 0.1) is 0 Å². The van der Waals surface area contributed by atoms with Gasteiger partial charge in [-0.2, -0.15) is 0 Å². The molecule has 1 aliphatic rings. The summed E-state index contributed by atoms with van der Waals surface area (Å²) in [5.74, 6) is 0.946. The second-order valence-corrected chi connectivity index (χ2v) is 6.93. The van der Waals surface area contributed by atoms with E-state index >= 15 is 0 Å². The number of hydrogen-bond donors (Lipinski definition) is 2. The average Bonchev–Trinajstić information content (AvgIpc) is 2.67. The number of carbonyl (C=O) groups is 1. The Labute approximate surface area is 187 Å². The van der Waals surface area contributed by atoms with Gasteiger partial charge in [0.25, 0.3) is 0 Å². The smallest absolute Gasteiger partial charge is 0.224 e. The molecule has 0 fully saturated rings. The van der Waals surface area contributed by atoms with E-state index in [0.29, 0.717) is 19.5 Å². The maximum absolute atomic E-state index is 12.1. The van der Waals surface area contributed by atoms with Crippen molar-refractivity contribution >= 4 is 41.5 Å². The summed E-state index contributed by atoms with van der Waals surface area (Å²) in [6.45, 7) is 10.7. The van der Waals surface area contributed by atoms with E-state index in [2.05, 4.69) is 45.8 Å². The minimum absolute atomic E-state index is 0. The van der Waals surface area contributed by atoms with Crippen LogP contribution < -0.4 is 15.5 Å². The first-order valence-electron chi connectivity index (χ1n) is 10.2. The van der Waals surface area contributed by atoms with E-state index in [-0.39, 0.29) is 29.9 Å². The highest BCUT2D eigenvalue weighted by Crippen LogP contribution is 2.26. The summed E-state index contributed by atoms with van der Waals surface area (Å²) in [6, 6.07) is 6.65. The Morgan fingerprint density at radius 2 is 1.96 bits per heavy atom. The summed E-state index contributed by atoms with van der Waals surface area (Å²) in [7, 11) is 2.16. The molecular weight excluding hydrogens is 465 g/mol. The molecule has 0 radical (unpaired) electrons. The van der Waals surface area contributed by atoms with E-state index in [1.165, 1.54) is 23.2 Å². The number of rotatable bonds is 8. The Morgan fingerprint density at radius 1 is 1.21 bits per heavy atom. The van der Waals surface area contributed by atoms with Crippen molar-refractivity contribution < 1.29 is 4.79 Å². The summed E-state index contributed by atoms with van der Waals surface area (Å²) in [5, 5.41) is 6.54. The monoisotopic (exact) mass is 501 g/mol. The highest BCUT2D eigenvalue weighted by Gasteiger charge is 2.13. The predicted molar refractivity (Wildman–Crippen MR) is 129 cm³/mol. The van der Waals surface area contributed by atoms with Crippen LogP contribution in [0.15, 0.2) is 23.2 Å². The maximum atomic E-state index is 12.1. The quantitative estimate of drug-likeness (QED) is 0.327. The minimum Gasteiger partial charge on any atom is -0.374 e. The summed E-state index contributed by atoms with van der Waals surface area (Å²) in [5.41, 5.74) is 3.98. The first-order chi connectivity index (χ1) is 13.1. The standard InChI is InChI=1S/C21H35N5O.HI/c1-5-22-21(23-13-12-20(27)26(6-2)7-3)24-16-17-10-11-19-18(15-17)9-8-14-25(19)4;/h10-11,15H,5-9,12-14,16H2,1-4H3,(H2,22,23,24);1H. The fourth-order valence-corrected chi connectivity index (χ4v) is 3.47. The number of nitrogens with zero attached hydrogens (tertiary/aromatic N) is 3. The van der Waals surface area contributed by atoms with Gasteiger partial charge < -0.3 is 20.4 Å². The molecule has 7 heteroatoms. The van der Waals surface area contributed by atoms with Crippen molar-refractivity contribution in [3.63, 3.8) is 0 Å². The number of benzene rings is 1.